The van der Waals surface area contributed by atoms with E-state index in [0.717, 1.165) is 6.42 Å². The van der Waals surface area contributed by atoms with Gasteiger partial charge < -0.3 is 0 Å². The van der Waals surface area contributed by atoms with Gasteiger partial charge in [-0.25, -0.2) is 0 Å². The zero-order chi connectivity index (χ0) is 10.7. The molecule has 1 aromatic rings. The summed E-state index contributed by atoms with van der Waals surface area (Å²) in [5.41, 5.74) is 1.29. The standard InChI is InChI=1S/C14H14O/c1-2-3-9-14(15)13-10-12(13)11-7-5-4-6-8-11/h1,4-8,12-13H,3,9-10H2. The molecule has 2 atom stereocenters. The maximum absolute atomic E-state index is 11.7. The van der Waals surface area contributed by atoms with Crippen LogP contribution in [0.15, 0.2) is 30.3 Å². The Morgan fingerprint density at radius 1 is 1.40 bits per heavy atom. The quantitative estimate of drug-likeness (QED) is 0.680. The average molecular weight is 198 g/mol. The summed E-state index contributed by atoms with van der Waals surface area (Å²) in [7, 11) is 0. The molecule has 0 aromatic heterocycles. The summed E-state index contributed by atoms with van der Waals surface area (Å²) in [6.07, 6.45) is 7.27. The fourth-order valence-corrected chi connectivity index (χ4v) is 2.00. The minimum Gasteiger partial charge on any atom is -0.299 e. The fraction of sp³-hybridized carbons (Fsp3) is 0.357. The lowest BCUT2D eigenvalue weighted by molar-refractivity contribution is -0.120. The van der Waals surface area contributed by atoms with Gasteiger partial charge in [-0.3, -0.25) is 4.79 Å². The highest BCUT2D eigenvalue weighted by atomic mass is 16.1. The maximum atomic E-state index is 11.7. The van der Waals surface area contributed by atoms with Crippen molar-refractivity contribution in [3.63, 3.8) is 0 Å². The lowest BCUT2D eigenvalue weighted by atomic mass is 10.1. The summed E-state index contributed by atoms with van der Waals surface area (Å²) >= 11 is 0. The van der Waals surface area contributed by atoms with Gasteiger partial charge in [0.2, 0.25) is 0 Å². The Labute approximate surface area is 90.5 Å². The van der Waals surface area contributed by atoms with E-state index in [1.165, 1.54) is 5.56 Å². The van der Waals surface area contributed by atoms with E-state index in [-0.39, 0.29) is 5.92 Å². The monoisotopic (exact) mass is 198 g/mol. The summed E-state index contributed by atoms with van der Waals surface area (Å²) in [5, 5.41) is 0. The molecule has 1 aliphatic rings. The zero-order valence-corrected chi connectivity index (χ0v) is 8.65. The van der Waals surface area contributed by atoms with E-state index in [4.69, 9.17) is 6.42 Å². The Bertz CT molecular complexity index is 386. The second-order valence-electron chi connectivity index (χ2n) is 4.03. The molecule has 1 aromatic carbocycles. The highest BCUT2D eigenvalue weighted by molar-refractivity contribution is 5.85. The van der Waals surface area contributed by atoms with Gasteiger partial charge in [0.15, 0.2) is 0 Å². The van der Waals surface area contributed by atoms with Gasteiger partial charge >= 0.3 is 0 Å². The molecule has 0 N–H and O–H groups in total. The first-order chi connectivity index (χ1) is 7.33. The molecule has 1 aliphatic carbocycles. The fourth-order valence-electron chi connectivity index (χ4n) is 2.00. The van der Waals surface area contributed by atoms with Crippen LogP contribution in [0.4, 0.5) is 0 Å². The van der Waals surface area contributed by atoms with Crippen LogP contribution in [0.1, 0.15) is 30.7 Å². The van der Waals surface area contributed by atoms with Gasteiger partial charge in [0.25, 0.3) is 0 Å². The molecule has 0 heterocycles. The van der Waals surface area contributed by atoms with Crippen molar-refractivity contribution < 1.29 is 4.79 Å². The Morgan fingerprint density at radius 2 is 2.13 bits per heavy atom. The largest absolute Gasteiger partial charge is 0.299 e. The van der Waals surface area contributed by atoms with Crippen LogP contribution in [0.5, 0.6) is 0 Å². The van der Waals surface area contributed by atoms with Crippen molar-refractivity contribution >= 4 is 5.78 Å². The smallest absolute Gasteiger partial charge is 0.137 e. The van der Waals surface area contributed by atoms with E-state index in [1.807, 2.05) is 18.2 Å². The van der Waals surface area contributed by atoms with Crippen molar-refractivity contribution in [1.29, 1.82) is 0 Å². The summed E-state index contributed by atoms with van der Waals surface area (Å²) in [5.74, 6) is 3.54. The summed E-state index contributed by atoms with van der Waals surface area (Å²) in [6.45, 7) is 0. The number of hydrogen-bond acceptors (Lipinski definition) is 1. The van der Waals surface area contributed by atoms with Crippen LogP contribution < -0.4 is 0 Å². The summed E-state index contributed by atoms with van der Waals surface area (Å²) in [6, 6.07) is 10.2. The van der Waals surface area contributed by atoms with Crippen molar-refractivity contribution in [1.82, 2.24) is 0 Å². The number of carbonyl (C=O) groups is 1. The molecular weight excluding hydrogens is 184 g/mol. The molecule has 0 amide bonds. The molecule has 1 nitrogen and oxygen atoms in total. The van der Waals surface area contributed by atoms with Crippen LogP contribution >= 0.6 is 0 Å². The zero-order valence-electron chi connectivity index (χ0n) is 8.65. The minimum atomic E-state index is 0.237. The van der Waals surface area contributed by atoms with E-state index in [9.17, 15) is 4.79 Å². The second-order valence-corrected chi connectivity index (χ2v) is 4.03. The van der Waals surface area contributed by atoms with Crippen LogP contribution in [-0.4, -0.2) is 5.78 Å². The third-order valence-electron chi connectivity index (χ3n) is 2.95. The lowest BCUT2D eigenvalue weighted by Crippen LogP contribution is -2.01. The van der Waals surface area contributed by atoms with Gasteiger partial charge in [-0.05, 0) is 17.9 Å². The van der Waals surface area contributed by atoms with Crippen LogP contribution in [-0.2, 0) is 4.79 Å². The summed E-state index contributed by atoms with van der Waals surface area (Å²) in [4.78, 5) is 11.7. The average Bonchev–Trinajstić information content (AvgIpc) is 3.07. The van der Waals surface area contributed by atoms with E-state index >= 15 is 0 Å². The third-order valence-corrected chi connectivity index (χ3v) is 2.95. The number of rotatable bonds is 4. The second kappa shape index (κ2) is 4.31. The Morgan fingerprint density at radius 3 is 2.80 bits per heavy atom. The molecule has 0 spiro atoms. The SMILES string of the molecule is C#CCCC(=O)C1CC1c1ccccc1. The third kappa shape index (κ3) is 2.27. The molecule has 1 fully saturated rings. The summed E-state index contributed by atoms with van der Waals surface area (Å²) < 4.78 is 0. The molecule has 2 rings (SSSR count). The first kappa shape index (κ1) is 9.98. The number of benzene rings is 1. The van der Waals surface area contributed by atoms with Crippen LogP contribution in [0, 0.1) is 18.3 Å². The van der Waals surface area contributed by atoms with Gasteiger partial charge in [-0.1, -0.05) is 30.3 Å². The maximum Gasteiger partial charge on any atom is 0.137 e. The predicted octanol–water partition coefficient (Wildman–Crippen LogP) is 2.77. The number of terminal acetylenes is 1. The topological polar surface area (TPSA) is 17.1 Å². The van der Waals surface area contributed by atoms with Crippen molar-refractivity contribution in [2.75, 3.05) is 0 Å². The van der Waals surface area contributed by atoms with E-state index in [2.05, 4.69) is 18.1 Å². The molecule has 0 aliphatic heterocycles. The Hall–Kier alpha value is -1.55. The number of carbonyl (C=O) groups excluding carboxylic acids is 1. The predicted molar refractivity (Wildman–Crippen MR) is 60.4 cm³/mol. The molecule has 15 heavy (non-hydrogen) atoms. The minimum absolute atomic E-state index is 0.237. The molecular formula is C14H14O. The van der Waals surface area contributed by atoms with Gasteiger partial charge in [-0.15, -0.1) is 12.3 Å². The van der Waals surface area contributed by atoms with E-state index < -0.39 is 0 Å². The Balaban J connectivity index is 1.91. The van der Waals surface area contributed by atoms with E-state index in [0.29, 0.717) is 24.5 Å². The molecule has 2 unspecified atom stereocenters. The normalized spacial score (nSPS) is 23.1. The lowest BCUT2D eigenvalue weighted by Gasteiger charge is -1.98. The number of ketones is 1. The van der Waals surface area contributed by atoms with Gasteiger partial charge in [0, 0.05) is 18.8 Å². The molecule has 0 saturated heterocycles. The molecule has 76 valence electrons. The highest BCUT2D eigenvalue weighted by Crippen LogP contribution is 2.48. The van der Waals surface area contributed by atoms with Gasteiger partial charge in [-0.2, -0.15) is 0 Å². The number of Topliss-reactive ketones (excluding diaryl/α,β-unsaturated/α-hetero) is 1. The Kier molecular flexibility index (Phi) is 2.87. The van der Waals surface area contributed by atoms with Crippen LogP contribution in [0.3, 0.4) is 0 Å². The number of hydrogen-bond donors (Lipinski definition) is 0. The molecule has 0 bridgehead atoms. The first-order valence-corrected chi connectivity index (χ1v) is 5.34. The van der Waals surface area contributed by atoms with Crippen LogP contribution in [0.25, 0.3) is 0 Å². The first-order valence-electron chi connectivity index (χ1n) is 5.34. The molecule has 1 saturated carbocycles. The van der Waals surface area contributed by atoms with Crippen molar-refractivity contribution in [2.24, 2.45) is 5.92 Å². The van der Waals surface area contributed by atoms with Gasteiger partial charge in [0.05, 0.1) is 0 Å². The van der Waals surface area contributed by atoms with Crippen molar-refractivity contribution in [3.8, 4) is 12.3 Å². The highest BCUT2D eigenvalue weighted by Gasteiger charge is 2.42. The van der Waals surface area contributed by atoms with Gasteiger partial charge in [0.1, 0.15) is 5.78 Å². The molecule has 0 radical (unpaired) electrons. The van der Waals surface area contributed by atoms with Crippen molar-refractivity contribution in [3.05, 3.63) is 35.9 Å². The van der Waals surface area contributed by atoms with Crippen LogP contribution in [0.2, 0.25) is 0 Å². The van der Waals surface area contributed by atoms with E-state index in [1.54, 1.807) is 0 Å². The molecule has 1 heteroatoms. The van der Waals surface area contributed by atoms with Crippen molar-refractivity contribution in [2.45, 2.75) is 25.2 Å².